The molecule has 0 bridgehead atoms. The number of carbonyl (C=O) groups is 2. The lowest BCUT2D eigenvalue weighted by atomic mass is 10.1. The molecular weight excluding hydrogens is 445 g/mol. The average molecular weight is 466 g/mol. The van der Waals surface area contributed by atoms with Crippen LogP contribution in [-0.4, -0.2) is 23.5 Å². The van der Waals surface area contributed by atoms with Gasteiger partial charge in [-0.15, -0.1) is 0 Å². The molecule has 2 aromatic carbocycles. The predicted molar refractivity (Wildman–Crippen MR) is 123 cm³/mol. The summed E-state index contributed by atoms with van der Waals surface area (Å²) in [4.78, 5) is 23.7. The Balaban J connectivity index is 1.62. The van der Waals surface area contributed by atoms with Gasteiger partial charge in [-0.3, -0.25) is 25.8 Å². The van der Waals surface area contributed by atoms with E-state index < -0.39 is 5.91 Å². The van der Waals surface area contributed by atoms with Crippen molar-refractivity contribution in [2.45, 2.75) is 19.8 Å². The van der Waals surface area contributed by atoms with Crippen LogP contribution >= 0.6 is 35.4 Å². The maximum absolute atomic E-state index is 11.9. The molecule has 0 radical (unpaired) electrons. The highest BCUT2D eigenvalue weighted by molar-refractivity contribution is 7.80. The van der Waals surface area contributed by atoms with Gasteiger partial charge in [-0.1, -0.05) is 53.0 Å². The van der Waals surface area contributed by atoms with Crippen LogP contribution in [-0.2, 0) is 9.59 Å². The molecule has 9 heteroatoms. The highest BCUT2D eigenvalue weighted by Crippen LogP contribution is 2.27. The molecule has 158 valence electrons. The van der Waals surface area contributed by atoms with E-state index in [2.05, 4.69) is 16.2 Å². The maximum atomic E-state index is 11.9. The molecule has 0 aliphatic rings. The second kappa shape index (κ2) is 12.2. The third-order valence-corrected chi connectivity index (χ3v) is 4.49. The average Bonchev–Trinajstić information content (AvgIpc) is 2.70. The fourth-order valence-electron chi connectivity index (χ4n) is 2.23. The lowest BCUT2D eigenvalue weighted by Crippen LogP contribution is -2.48. The van der Waals surface area contributed by atoms with Crippen LogP contribution in [0.5, 0.6) is 5.75 Å². The molecule has 0 saturated heterocycles. The number of thiocarbonyl (C=S) groups is 1. The molecule has 0 spiro atoms. The number of rotatable bonds is 7. The second-order valence-electron chi connectivity index (χ2n) is 6.26. The van der Waals surface area contributed by atoms with Gasteiger partial charge in [-0.25, -0.2) is 0 Å². The van der Waals surface area contributed by atoms with Gasteiger partial charge in [-0.2, -0.15) is 0 Å². The third kappa shape index (κ3) is 8.82. The highest BCUT2D eigenvalue weighted by atomic mass is 35.5. The standard InChI is InChI=1S/C21H21Cl2N3O3S/c1-14-4-6-15(7-5-14)8-11-19(27)24-21(30)26-25-20(28)3-2-12-29-18-10-9-16(22)13-17(18)23/h4-11,13H,2-3,12H2,1H3,(H,25,28)(H2,24,26,27,30). The minimum absolute atomic E-state index is 0.00824. The van der Waals surface area contributed by atoms with Crippen LogP contribution in [0.4, 0.5) is 0 Å². The largest absolute Gasteiger partial charge is 0.492 e. The normalized spacial score (nSPS) is 10.5. The summed E-state index contributed by atoms with van der Waals surface area (Å²) in [5.41, 5.74) is 6.93. The van der Waals surface area contributed by atoms with Crippen LogP contribution in [0.1, 0.15) is 24.0 Å². The first kappa shape index (κ1) is 23.7. The molecule has 0 fully saturated rings. The molecule has 0 unspecified atom stereocenters. The Morgan fingerprint density at radius 3 is 2.53 bits per heavy atom. The monoisotopic (exact) mass is 465 g/mol. The van der Waals surface area contributed by atoms with Crippen LogP contribution in [0.25, 0.3) is 6.08 Å². The van der Waals surface area contributed by atoms with Crippen molar-refractivity contribution in [2.24, 2.45) is 0 Å². The Morgan fingerprint density at radius 1 is 1.10 bits per heavy atom. The molecule has 0 aliphatic heterocycles. The third-order valence-electron chi connectivity index (χ3n) is 3.76. The van der Waals surface area contributed by atoms with E-state index in [4.69, 9.17) is 40.2 Å². The first-order chi connectivity index (χ1) is 14.3. The van der Waals surface area contributed by atoms with Crippen LogP contribution in [0, 0.1) is 6.92 Å². The summed E-state index contributed by atoms with van der Waals surface area (Å²) >= 11 is 16.8. The lowest BCUT2D eigenvalue weighted by molar-refractivity contribution is -0.122. The number of hydrogen-bond acceptors (Lipinski definition) is 4. The van der Waals surface area contributed by atoms with Gasteiger partial charge < -0.3 is 4.74 Å². The Kier molecular flexibility index (Phi) is 9.60. The number of carbonyl (C=O) groups excluding carboxylic acids is 2. The number of ether oxygens (including phenoxy) is 1. The Hall–Kier alpha value is -2.61. The van der Waals surface area contributed by atoms with Gasteiger partial charge in [0.05, 0.1) is 11.6 Å². The van der Waals surface area contributed by atoms with E-state index in [0.29, 0.717) is 28.8 Å². The number of benzene rings is 2. The van der Waals surface area contributed by atoms with Crippen molar-refractivity contribution in [1.82, 2.24) is 16.2 Å². The number of hydrogen-bond donors (Lipinski definition) is 3. The van der Waals surface area contributed by atoms with Crippen molar-refractivity contribution in [3.63, 3.8) is 0 Å². The summed E-state index contributed by atoms with van der Waals surface area (Å²) in [6.07, 6.45) is 3.69. The van der Waals surface area contributed by atoms with Crippen molar-refractivity contribution in [1.29, 1.82) is 0 Å². The zero-order chi connectivity index (χ0) is 21.9. The summed E-state index contributed by atoms with van der Waals surface area (Å²) < 4.78 is 5.51. The molecule has 2 amide bonds. The van der Waals surface area contributed by atoms with E-state index in [1.54, 1.807) is 24.3 Å². The Labute approximate surface area is 190 Å². The maximum Gasteiger partial charge on any atom is 0.250 e. The molecule has 2 rings (SSSR count). The van der Waals surface area contributed by atoms with Crippen molar-refractivity contribution in [2.75, 3.05) is 6.61 Å². The quantitative estimate of drug-likeness (QED) is 0.247. The van der Waals surface area contributed by atoms with Gasteiger partial charge in [0, 0.05) is 17.5 Å². The first-order valence-electron chi connectivity index (χ1n) is 9.06. The van der Waals surface area contributed by atoms with Crippen LogP contribution in [0.15, 0.2) is 48.5 Å². The summed E-state index contributed by atoms with van der Waals surface area (Å²) in [5, 5.41) is 3.37. The lowest BCUT2D eigenvalue weighted by Gasteiger charge is -2.10. The molecule has 30 heavy (non-hydrogen) atoms. The molecule has 0 aliphatic carbocycles. The Morgan fingerprint density at radius 2 is 1.83 bits per heavy atom. The van der Waals surface area contributed by atoms with E-state index in [1.165, 1.54) is 6.08 Å². The zero-order valence-electron chi connectivity index (χ0n) is 16.2. The summed E-state index contributed by atoms with van der Waals surface area (Å²) in [6, 6.07) is 12.6. The van der Waals surface area contributed by atoms with Gasteiger partial charge in [0.25, 0.3) is 0 Å². The van der Waals surface area contributed by atoms with E-state index >= 15 is 0 Å². The number of hydrazine groups is 1. The van der Waals surface area contributed by atoms with Gasteiger partial charge in [-0.05, 0) is 55.4 Å². The number of aryl methyl sites for hydroxylation is 1. The molecule has 3 N–H and O–H groups in total. The zero-order valence-corrected chi connectivity index (χ0v) is 18.5. The van der Waals surface area contributed by atoms with E-state index in [-0.39, 0.29) is 17.4 Å². The smallest absolute Gasteiger partial charge is 0.250 e. The summed E-state index contributed by atoms with van der Waals surface area (Å²) in [6.45, 7) is 2.29. The topological polar surface area (TPSA) is 79.5 Å². The molecule has 2 aromatic rings. The number of halogens is 2. The highest BCUT2D eigenvalue weighted by Gasteiger charge is 2.06. The molecule has 6 nitrogen and oxygen atoms in total. The van der Waals surface area contributed by atoms with Crippen LogP contribution in [0.3, 0.4) is 0 Å². The van der Waals surface area contributed by atoms with Gasteiger partial charge in [0.1, 0.15) is 5.75 Å². The summed E-state index contributed by atoms with van der Waals surface area (Å²) in [5.74, 6) is -0.203. The minimum atomic E-state index is -0.407. The van der Waals surface area contributed by atoms with Crippen LogP contribution < -0.4 is 20.9 Å². The first-order valence-corrected chi connectivity index (χ1v) is 10.2. The van der Waals surface area contributed by atoms with Crippen molar-refractivity contribution in [3.05, 3.63) is 69.7 Å². The van der Waals surface area contributed by atoms with E-state index in [0.717, 1.165) is 11.1 Å². The van der Waals surface area contributed by atoms with Gasteiger partial charge >= 0.3 is 0 Å². The fourth-order valence-corrected chi connectivity index (χ4v) is 2.85. The molecule has 0 aromatic heterocycles. The molecule has 0 heterocycles. The van der Waals surface area contributed by atoms with E-state index in [9.17, 15) is 9.59 Å². The van der Waals surface area contributed by atoms with Crippen molar-refractivity contribution < 1.29 is 14.3 Å². The SMILES string of the molecule is Cc1ccc(C=CC(=O)NC(=S)NNC(=O)CCCOc2ccc(Cl)cc2Cl)cc1. The van der Waals surface area contributed by atoms with Crippen molar-refractivity contribution in [3.8, 4) is 5.75 Å². The van der Waals surface area contributed by atoms with Crippen molar-refractivity contribution >= 4 is 58.4 Å². The molecule has 0 saturated carbocycles. The molecule has 0 atom stereocenters. The predicted octanol–water partition coefficient (Wildman–Crippen LogP) is 4.20. The second-order valence-corrected chi connectivity index (χ2v) is 7.51. The fraction of sp³-hybridized carbons (Fsp3) is 0.190. The van der Waals surface area contributed by atoms with Crippen LogP contribution in [0.2, 0.25) is 10.0 Å². The number of nitrogens with one attached hydrogen (secondary N) is 3. The van der Waals surface area contributed by atoms with Gasteiger partial charge in [0.2, 0.25) is 11.8 Å². The molecular formula is C21H21Cl2N3O3S. The number of amides is 2. The van der Waals surface area contributed by atoms with Gasteiger partial charge in [0.15, 0.2) is 5.11 Å². The van der Waals surface area contributed by atoms with E-state index in [1.807, 2.05) is 31.2 Å². The minimum Gasteiger partial charge on any atom is -0.492 e. The Bertz CT molecular complexity index is 934. The summed E-state index contributed by atoms with van der Waals surface area (Å²) in [7, 11) is 0.